The van der Waals surface area contributed by atoms with Crippen molar-refractivity contribution in [2.75, 3.05) is 4.72 Å². The molecule has 1 N–H and O–H groups in total. The van der Waals surface area contributed by atoms with E-state index in [0.717, 1.165) is 5.56 Å². The number of pyridine rings is 2. The molecule has 0 fully saturated rings. The van der Waals surface area contributed by atoms with E-state index in [0.29, 0.717) is 21.6 Å². The second-order valence-corrected chi connectivity index (χ2v) is 6.81. The molecule has 0 saturated carbocycles. The summed E-state index contributed by atoms with van der Waals surface area (Å²) in [6, 6.07) is 9.95. The van der Waals surface area contributed by atoms with Crippen molar-refractivity contribution in [2.24, 2.45) is 0 Å². The van der Waals surface area contributed by atoms with E-state index < -0.39 is 10.0 Å². The number of hydrogen-bond donors (Lipinski definition) is 1. The molecule has 2 heterocycles. The van der Waals surface area contributed by atoms with E-state index in [-0.39, 0.29) is 5.03 Å². The summed E-state index contributed by atoms with van der Waals surface area (Å²) in [6.45, 7) is 1.84. The first kappa shape index (κ1) is 14.7. The van der Waals surface area contributed by atoms with Gasteiger partial charge >= 0.3 is 0 Å². The number of aromatic nitrogens is 2. The number of sulfonamides is 1. The van der Waals surface area contributed by atoms with Gasteiger partial charge in [0.05, 0.1) is 16.2 Å². The number of rotatable bonds is 3. The van der Waals surface area contributed by atoms with Gasteiger partial charge in [-0.15, -0.1) is 0 Å². The molecule has 0 bridgehead atoms. The van der Waals surface area contributed by atoms with Crippen LogP contribution >= 0.6 is 11.6 Å². The van der Waals surface area contributed by atoms with Crippen molar-refractivity contribution in [1.29, 1.82) is 0 Å². The molecule has 1 aromatic carbocycles. The van der Waals surface area contributed by atoms with Crippen LogP contribution in [0.25, 0.3) is 10.9 Å². The first-order valence-corrected chi connectivity index (χ1v) is 8.32. The average Bonchev–Trinajstić information content (AvgIpc) is 2.48. The van der Waals surface area contributed by atoms with Crippen molar-refractivity contribution in [3.05, 3.63) is 59.4 Å². The number of fused-ring (bicyclic) bond motifs is 1. The van der Waals surface area contributed by atoms with E-state index in [9.17, 15) is 8.42 Å². The molecule has 0 spiro atoms. The zero-order valence-electron chi connectivity index (χ0n) is 11.6. The average molecular weight is 334 g/mol. The molecule has 7 heteroatoms. The van der Waals surface area contributed by atoms with Crippen molar-refractivity contribution in [2.45, 2.75) is 11.9 Å². The number of anilines is 1. The summed E-state index contributed by atoms with van der Waals surface area (Å²) >= 11 is 6.11. The van der Waals surface area contributed by atoms with Gasteiger partial charge in [0.25, 0.3) is 10.0 Å². The highest BCUT2D eigenvalue weighted by atomic mass is 35.5. The van der Waals surface area contributed by atoms with Crippen LogP contribution < -0.4 is 4.72 Å². The minimum absolute atomic E-state index is 0.0443. The lowest BCUT2D eigenvalue weighted by Gasteiger charge is -2.10. The number of nitrogens with one attached hydrogen (secondary N) is 1. The van der Waals surface area contributed by atoms with Gasteiger partial charge in [0.15, 0.2) is 5.03 Å². The lowest BCUT2D eigenvalue weighted by atomic mass is 10.2. The fourth-order valence-electron chi connectivity index (χ4n) is 2.03. The van der Waals surface area contributed by atoms with E-state index in [4.69, 9.17) is 11.6 Å². The Labute approximate surface area is 133 Å². The fraction of sp³-hybridized carbons (Fsp3) is 0.0667. The van der Waals surface area contributed by atoms with Crippen LogP contribution in [0.3, 0.4) is 0 Å². The van der Waals surface area contributed by atoms with Gasteiger partial charge in [-0.1, -0.05) is 29.8 Å². The summed E-state index contributed by atoms with van der Waals surface area (Å²) in [5, 5.41) is 1.15. The van der Waals surface area contributed by atoms with Crippen LogP contribution in [0.2, 0.25) is 5.02 Å². The van der Waals surface area contributed by atoms with Gasteiger partial charge in [-0.2, -0.15) is 8.42 Å². The molecule has 22 heavy (non-hydrogen) atoms. The summed E-state index contributed by atoms with van der Waals surface area (Å²) in [5.74, 6) is 0. The molecule has 0 aliphatic rings. The molecule has 0 unspecified atom stereocenters. The summed E-state index contributed by atoms with van der Waals surface area (Å²) in [6.07, 6.45) is 3.04. The molecule has 0 aliphatic carbocycles. The van der Waals surface area contributed by atoms with Gasteiger partial charge in [0.1, 0.15) is 0 Å². The van der Waals surface area contributed by atoms with Gasteiger partial charge < -0.3 is 0 Å². The Morgan fingerprint density at radius 1 is 1.09 bits per heavy atom. The molecular weight excluding hydrogens is 322 g/mol. The predicted octanol–water partition coefficient (Wildman–Crippen LogP) is 3.39. The quantitative estimate of drug-likeness (QED) is 0.797. The van der Waals surface area contributed by atoms with Gasteiger partial charge in [-0.05, 0) is 30.7 Å². The third-order valence-corrected chi connectivity index (χ3v) is 4.73. The molecule has 0 saturated heterocycles. The molecule has 0 amide bonds. The molecule has 5 nitrogen and oxygen atoms in total. The highest BCUT2D eigenvalue weighted by Gasteiger charge is 2.17. The molecule has 0 atom stereocenters. The molecule has 3 aromatic rings. The highest BCUT2D eigenvalue weighted by Crippen LogP contribution is 2.28. The summed E-state index contributed by atoms with van der Waals surface area (Å²) < 4.78 is 27.3. The van der Waals surface area contributed by atoms with Crippen molar-refractivity contribution in [3.63, 3.8) is 0 Å². The Morgan fingerprint density at radius 3 is 2.64 bits per heavy atom. The van der Waals surface area contributed by atoms with Gasteiger partial charge in [-0.25, -0.2) is 4.98 Å². The molecule has 3 rings (SSSR count). The highest BCUT2D eigenvalue weighted by molar-refractivity contribution is 7.92. The third kappa shape index (κ3) is 2.75. The minimum atomic E-state index is -3.78. The number of halogens is 1. The predicted molar refractivity (Wildman–Crippen MR) is 86.5 cm³/mol. The van der Waals surface area contributed by atoms with Crippen LogP contribution in [0.5, 0.6) is 0 Å². The first-order chi connectivity index (χ1) is 10.5. The second kappa shape index (κ2) is 5.55. The number of para-hydroxylation sites is 1. The Hall–Kier alpha value is -2.18. The molecular formula is C15H12ClN3O2S. The van der Waals surface area contributed by atoms with Crippen LogP contribution in [0.1, 0.15) is 5.56 Å². The Balaban J connectivity index is 2.06. The minimum Gasteiger partial charge on any atom is -0.276 e. The first-order valence-electron chi connectivity index (χ1n) is 6.46. The van der Waals surface area contributed by atoms with Crippen molar-refractivity contribution >= 4 is 38.2 Å². The van der Waals surface area contributed by atoms with Crippen LogP contribution in [-0.4, -0.2) is 18.4 Å². The van der Waals surface area contributed by atoms with E-state index in [2.05, 4.69) is 14.7 Å². The summed E-state index contributed by atoms with van der Waals surface area (Å²) in [4.78, 5) is 8.15. The summed E-state index contributed by atoms with van der Waals surface area (Å²) in [7, 11) is -3.78. The van der Waals surface area contributed by atoms with E-state index in [1.807, 2.05) is 6.92 Å². The molecule has 0 radical (unpaired) electrons. The lowest BCUT2D eigenvalue weighted by Crippen LogP contribution is -2.14. The zero-order chi connectivity index (χ0) is 15.7. The van der Waals surface area contributed by atoms with E-state index >= 15 is 0 Å². The number of aryl methyl sites for hydroxylation is 1. The molecule has 112 valence electrons. The standard InChI is InChI=1S/C15H12ClN3O2S/c1-10-5-6-14(18-9-10)22(20,21)19-13-4-2-3-11-12(16)7-8-17-15(11)13/h2-9,19H,1H3. The Kier molecular flexibility index (Phi) is 3.72. The van der Waals surface area contributed by atoms with Crippen molar-refractivity contribution in [1.82, 2.24) is 9.97 Å². The van der Waals surface area contributed by atoms with Gasteiger partial charge in [-0.3, -0.25) is 9.71 Å². The monoisotopic (exact) mass is 333 g/mol. The van der Waals surface area contributed by atoms with Crippen LogP contribution in [0.4, 0.5) is 5.69 Å². The van der Waals surface area contributed by atoms with Crippen molar-refractivity contribution < 1.29 is 8.42 Å². The number of benzene rings is 1. The maximum Gasteiger partial charge on any atom is 0.279 e. The molecule has 2 aromatic heterocycles. The number of hydrogen-bond acceptors (Lipinski definition) is 4. The summed E-state index contributed by atoms with van der Waals surface area (Å²) in [5.41, 5.74) is 1.74. The third-order valence-electron chi connectivity index (χ3n) is 3.12. The zero-order valence-corrected chi connectivity index (χ0v) is 13.2. The second-order valence-electron chi connectivity index (χ2n) is 4.77. The van der Waals surface area contributed by atoms with E-state index in [1.165, 1.54) is 18.5 Å². The Bertz CT molecular complexity index is 941. The fourth-order valence-corrected chi connectivity index (χ4v) is 3.24. The van der Waals surface area contributed by atoms with Crippen molar-refractivity contribution in [3.8, 4) is 0 Å². The van der Waals surface area contributed by atoms with E-state index in [1.54, 1.807) is 30.3 Å². The molecule has 0 aliphatic heterocycles. The maximum atomic E-state index is 12.4. The topological polar surface area (TPSA) is 72.0 Å². The number of nitrogens with zero attached hydrogens (tertiary/aromatic N) is 2. The van der Waals surface area contributed by atoms with Crippen LogP contribution in [-0.2, 0) is 10.0 Å². The smallest absolute Gasteiger partial charge is 0.276 e. The normalized spacial score (nSPS) is 11.5. The van der Waals surface area contributed by atoms with Crippen LogP contribution in [0.15, 0.2) is 53.8 Å². The largest absolute Gasteiger partial charge is 0.279 e. The lowest BCUT2D eigenvalue weighted by molar-refractivity contribution is 0.597. The van der Waals surface area contributed by atoms with Crippen LogP contribution in [0, 0.1) is 6.92 Å². The maximum absolute atomic E-state index is 12.4. The SMILES string of the molecule is Cc1ccc(S(=O)(=O)Nc2cccc3c(Cl)ccnc23)nc1. The van der Waals surface area contributed by atoms with Gasteiger partial charge in [0, 0.05) is 17.8 Å². The van der Waals surface area contributed by atoms with Gasteiger partial charge in [0.2, 0.25) is 0 Å². The Morgan fingerprint density at radius 2 is 1.91 bits per heavy atom.